The Balaban J connectivity index is 1.84. The van der Waals surface area contributed by atoms with E-state index in [0.717, 1.165) is 18.4 Å². The van der Waals surface area contributed by atoms with Crippen molar-refractivity contribution in [3.8, 4) is 0 Å². The third-order valence-corrected chi connectivity index (χ3v) is 8.25. The second kappa shape index (κ2) is 13.9. The van der Waals surface area contributed by atoms with Gasteiger partial charge in [0.05, 0.1) is 6.04 Å². The molecule has 1 aromatic rings. The van der Waals surface area contributed by atoms with Crippen molar-refractivity contribution in [2.24, 2.45) is 5.92 Å². The van der Waals surface area contributed by atoms with Gasteiger partial charge in [0.2, 0.25) is 17.7 Å². The molecule has 0 unspecified atom stereocenters. The maximum atomic E-state index is 13.9. The average Bonchev–Trinajstić information content (AvgIpc) is 3.32. The fourth-order valence-corrected chi connectivity index (χ4v) is 5.49. The monoisotopic (exact) mass is 554 g/mol. The molecule has 2 aliphatic rings. The minimum Gasteiger partial charge on any atom is -0.386 e. The fourth-order valence-electron chi connectivity index (χ4n) is 5.49. The zero-order valence-electron chi connectivity index (χ0n) is 24.4. The lowest BCUT2D eigenvalue weighted by molar-refractivity contribution is -0.142. The Labute approximate surface area is 238 Å². The smallest absolute Gasteiger partial charge is 0.246 e. The third-order valence-electron chi connectivity index (χ3n) is 8.25. The second-order valence-electron chi connectivity index (χ2n) is 11.7. The van der Waals surface area contributed by atoms with Gasteiger partial charge in [0.15, 0.2) is 5.78 Å². The van der Waals surface area contributed by atoms with E-state index in [1.807, 2.05) is 44.2 Å². The highest BCUT2D eigenvalue weighted by Gasteiger charge is 2.43. The highest BCUT2D eigenvalue weighted by molar-refractivity contribution is 5.95. The maximum absolute atomic E-state index is 13.9. The van der Waals surface area contributed by atoms with Crippen LogP contribution in [0.3, 0.4) is 0 Å². The molecule has 0 saturated carbocycles. The van der Waals surface area contributed by atoms with Crippen molar-refractivity contribution in [1.82, 2.24) is 20.9 Å². The number of aliphatic hydroxyl groups excluding tert-OH is 1. The van der Waals surface area contributed by atoms with E-state index in [4.69, 9.17) is 0 Å². The van der Waals surface area contributed by atoms with E-state index in [1.165, 1.54) is 6.92 Å². The number of unbranched alkanes of at least 4 members (excludes halogenated alkanes) is 2. The second-order valence-corrected chi connectivity index (χ2v) is 11.7. The van der Waals surface area contributed by atoms with Gasteiger partial charge in [0.1, 0.15) is 23.7 Å². The van der Waals surface area contributed by atoms with Crippen LogP contribution in [0.4, 0.5) is 0 Å². The van der Waals surface area contributed by atoms with Crippen molar-refractivity contribution < 1.29 is 24.3 Å². The standard InChI is InChI=1S/C31H46N4O5/c1-6-31(5)30(40)33-25(18-23-13-9-7-10-14-23)29(39)35-19-20(2)17-26(35)28(38)32-24(21(3)34-31)15-11-8-12-16-27(37)22(4)36/h7,9-10,13-14,20,22,24-26,34,36H,3,6,8,11-12,15-19H2,1-2,4-5H3,(H,32,38)(H,33,40)/t20-,22+,24-,25-,26+,31-/m0/s1. The highest BCUT2D eigenvalue weighted by atomic mass is 16.3. The number of ketones is 1. The molecule has 3 rings (SSSR count). The minimum atomic E-state index is -1.05. The Bertz CT molecular complexity index is 1070. The molecule has 0 aliphatic carbocycles. The summed E-state index contributed by atoms with van der Waals surface area (Å²) in [5.74, 6) is -0.806. The summed E-state index contributed by atoms with van der Waals surface area (Å²) >= 11 is 0. The molecule has 2 aliphatic heterocycles. The zero-order valence-corrected chi connectivity index (χ0v) is 24.4. The van der Waals surface area contributed by atoms with Crippen LogP contribution in [0.5, 0.6) is 0 Å². The summed E-state index contributed by atoms with van der Waals surface area (Å²) in [6.45, 7) is 11.8. The lowest BCUT2D eigenvalue weighted by Gasteiger charge is -2.37. The van der Waals surface area contributed by atoms with Gasteiger partial charge in [-0.1, -0.05) is 63.6 Å². The average molecular weight is 555 g/mol. The van der Waals surface area contributed by atoms with Gasteiger partial charge in [-0.25, -0.2) is 0 Å². The van der Waals surface area contributed by atoms with Crippen molar-refractivity contribution in [3.05, 3.63) is 48.2 Å². The van der Waals surface area contributed by atoms with Crippen molar-refractivity contribution in [2.45, 2.75) is 109 Å². The van der Waals surface area contributed by atoms with E-state index >= 15 is 0 Å². The van der Waals surface area contributed by atoms with Crippen LogP contribution in [0.25, 0.3) is 0 Å². The summed E-state index contributed by atoms with van der Waals surface area (Å²) in [5, 5.41) is 18.8. The van der Waals surface area contributed by atoms with Crippen LogP contribution < -0.4 is 16.0 Å². The number of Topliss-reactive ketones (excluding diaryl/α,β-unsaturated/α-hetero) is 1. The van der Waals surface area contributed by atoms with E-state index in [-0.39, 0.29) is 29.4 Å². The van der Waals surface area contributed by atoms with Crippen molar-refractivity contribution in [3.63, 3.8) is 0 Å². The Morgan fingerprint density at radius 2 is 1.82 bits per heavy atom. The molecule has 3 amide bonds. The summed E-state index contributed by atoms with van der Waals surface area (Å²) in [6.07, 6.45) is 3.33. The number of rotatable bonds is 10. The molecule has 2 heterocycles. The Kier molecular flexibility index (Phi) is 10.9. The maximum Gasteiger partial charge on any atom is 0.246 e. The van der Waals surface area contributed by atoms with Crippen LogP contribution in [-0.4, -0.2) is 69.8 Å². The van der Waals surface area contributed by atoms with Crippen LogP contribution in [-0.2, 0) is 25.6 Å². The number of hydrogen-bond acceptors (Lipinski definition) is 6. The number of aliphatic hydroxyl groups is 1. The number of amides is 3. The van der Waals surface area contributed by atoms with Crippen LogP contribution >= 0.6 is 0 Å². The number of benzene rings is 1. The van der Waals surface area contributed by atoms with E-state index in [9.17, 15) is 24.3 Å². The molecule has 0 bridgehead atoms. The normalized spacial score (nSPS) is 28.5. The van der Waals surface area contributed by atoms with E-state index in [1.54, 1.807) is 11.8 Å². The largest absolute Gasteiger partial charge is 0.386 e. The summed E-state index contributed by atoms with van der Waals surface area (Å²) < 4.78 is 0. The van der Waals surface area contributed by atoms with Crippen LogP contribution in [0.1, 0.15) is 78.2 Å². The first-order chi connectivity index (χ1) is 18.9. The molecule has 0 aromatic heterocycles. The summed E-state index contributed by atoms with van der Waals surface area (Å²) in [6, 6.07) is 7.67. The van der Waals surface area contributed by atoms with Crippen molar-refractivity contribution >= 4 is 23.5 Å². The molecule has 1 aromatic carbocycles. The summed E-state index contributed by atoms with van der Waals surface area (Å²) in [5.41, 5.74) is 0.417. The molecule has 9 nitrogen and oxygen atoms in total. The quantitative estimate of drug-likeness (QED) is 0.329. The molecule has 2 fully saturated rings. The van der Waals surface area contributed by atoms with Gasteiger partial charge in [-0.2, -0.15) is 0 Å². The van der Waals surface area contributed by atoms with Gasteiger partial charge in [-0.3, -0.25) is 19.2 Å². The molecule has 40 heavy (non-hydrogen) atoms. The number of carbonyl (C=O) groups excluding carboxylic acids is 4. The van der Waals surface area contributed by atoms with Gasteiger partial charge in [-0.05, 0) is 51.0 Å². The zero-order chi connectivity index (χ0) is 29.4. The molecule has 2 saturated heterocycles. The van der Waals surface area contributed by atoms with Gasteiger partial charge in [0, 0.05) is 25.1 Å². The highest BCUT2D eigenvalue weighted by Crippen LogP contribution is 2.26. The Hall–Kier alpha value is -3.20. The first kappa shape index (κ1) is 31.3. The summed E-state index contributed by atoms with van der Waals surface area (Å²) in [7, 11) is 0. The molecule has 9 heteroatoms. The van der Waals surface area contributed by atoms with E-state index in [0.29, 0.717) is 50.8 Å². The molecular formula is C31H46N4O5. The number of carbonyl (C=O) groups is 4. The molecule has 4 N–H and O–H groups in total. The fraction of sp³-hybridized carbons (Fsp3) is 0.613. The SMILES string of the molecule is C=C1N[C@@](C)(CC)C(=O)N[C@@H](Cc2ccccc2)C(=O)N2C[C@@H](C)C[C@@H]2C(=O)N[C@H]1CCCCCC(=O)[C@@H](C)O. The third kappa shape index (κ3) is 7.93. The van der Waals surface area contributed by atoms with Crippen LogP contribution in [0, 0.1) is 5.92 Å². The van der Waals surface area contributed by atoms with E-state index < -0.39 is 29.8 Å². The van der Waals surface area contributed by atoms with E-state index in [2.05, 4.69) is 22.5 Å². The molecule has 0 spiro atoms. The lowest BCUT2D eigenvalue weighted by Crippen LogP contribution is -2.63. The number of fused-ring (bicyclic) bond motifs is 1. The predicted octanol–water partition coefficient (Wildman–Crippen LogP) is 2.62. The number of hydrogen-bond donors (Lipinski definition) is 4. The summed E-state index contributed by atoms with van der Waals surface area (Å²) in [4.78, 5) is 54.6. The predicted molar refractivity (Wildman–Crippen MR) is 154 cm³/mol. The van der Waals surface area contributed by atoms with Crippen LogP contribution in [0.15, 0.2) is 42.6 Å². The lowest BCUT2D eigenvalue weighted by atomic mass is 9.93. The van der Waals surface area contributed by atoms with Crippen molar-refractivity contribution in [2.75, 3.05) is 6.54 Å². The van der Waals surface area contributed by atoms with Crippen LogP contribution in [0.2, 0.25) is 0 Å². The molecular weight excluding hydrogens is 508 g/mol. The topological polar surface area (TPSA) is 128 Å². The van der Waals surface area contributed by atoms with Gasteiger partial charge >= 0.3 is 0 Å². The molecule has 0 radical (unpaired) electrons. The van der Waals surface area contributed by atoms with Crippen molar-refractivity contribution in [1.29, 1.82) is 0 Å². The minimum absolute atomic E-state index is 0.144. The molecule has 6 atom stereocenters. The van der Waals surface area contributed by atoms with Gasteiger partial charge in [-0.15, -0.1) is 0 Å². The molecule has 220 valence electrons. The Morgan fingerprint density at radius 1 is 1.12 bits per heavy atom. The van der Waals surface area contributed by atoms with Gasteiger partial charge in [0.25, 0.3) is 0 Å². The first-order valence-electron chi connectivity index (χ1n) is 14.6. The first-order valence-corrected chi connectivity index (χ1v) is 14.6. The number of nitrogens with zero attached hydrogens (tertiary/aromatic N) is 1. The number of nitrogens with one attached hydrogen (secondary N) is 3. The van der Waals surface area contributed by atoms with Gasteiger partial charge < -0.3 is 26.0 Å². The Morgan fingerprint density at radius 3 is 2.48 bits per heavy atom.